The van der Waals surface area contributed by atoms with Gasteiger partial charge in [-0.25, -0.2) is 0 Å². The molecule has 0 fully saturated rings. The van der Waals surface area contributed by atoms with E-state index in [1.807, 2.05) is 0 Å². The Hall–Kier alpha value is -7.16. The van der Waals surface area contributed by atoms with Gasteiger partial charge < -0.3 is 9.47 Å². The van der Waals surface area contributed by atoms with Gasteiger partial charge in [0.25, 0.3) is 0 Å². The zero-order valence-electron chi connectivity index (χ0n) is 32.0. The second-order valence-electron chi connectivity index (χ2n) is 15.8. The van der Waals surface area contributed by atoms with Gasteiger partial charge in [0.2, 0.25) is 0 Å². The van der Waals surface area contributed by atoms with Crippen LogP contribution in [0.15, 0.2) is 206 Å². The molecule has 2 heteroatoms. The molecule has 0 saturated carbocycles. The van der Waals surface area contributed by atoms with E-state index in [2.05, 4.69) is 230 Å². The molecule has 0 bridgehead atoms. The van der Waals surface area contributed by atoms with Crippen LogP contribution in [0.25, 0.3) is 71.6 Å². The highest BCUT2D eigenvalue weighted by atomic mass is 15.1. The van der Waals surface area contributed by atoms with E-state index in [-0.39, 0.29) is 5.41 Å². The van der Waals surface area contributed by atoms with E-state index in [1.54, 1.807) is 0 Å². The Morgan fingerprint density at radius 2 is 0.912 bits per heavy atom. The van der Waals surface area contributed by atoms with Gasteiger partial charge in [0.1, 0.15) is 0 Å². The van der Waals surface area contributed by atoms with Crippen LogP contribution in [-0.2, 0) is 5.41 Å². The van der Waals surface area contributed by atoms with E-state index in [0.717, 1.165) is 17.1 Å². The maximum atomic E-state index is 2.44. The third-order valence-electron chi connectivity index (χ3n) is 12.2. The van der Waals surface area contributed by atoms with Gasteiger partial charge >= 0.3 is 0 Å². The summed E-state index contributed by atoms with van der Waals surface area (Å²) in [6.45, 7) is 4.71. The number of rotatable bonds is 6. The van der Waals surface area contributed by atoms with Crippen LogP contribution in [0.2, 0.25) is 0 Å². The minimum Gasteiger partial charge on any atom is -0.310 e. The van der Waals surface area contributed by atoms with E-state index in [4.69, 9.17) is 0 Å². The fourth-order valence-corrected chi connectivity index (χ4v) is 9.33. The first-order valence-electron chi connectivity index (χ1n) is 19.8. The third-order valence-corrected chi connectivity index (χ3v) is 12.2. The molecule has 0 aliphatic heterocycles. The molecule has 1 heterocycles. The van der Waals surface area contributed by atoms with Gasteiger partial charge in [-0.05, 0) is 110 Å². The van der Waals surface area contributed by atoms with Crippen molar-refractivity contribution in [1.82, 2.24) is 4.57 Å². The lowest BCUT2D eigenvalue weighted by Crippen LogP contribution is -2.16. The van der Waals surface area contributed by atoms with Crippen LogP contribution in [-0.4, -0.2) is 4.57 Å². The van der Waals surface area contributed by atoms with Crippen LogP contribution in [0, 0.1) is 0 Å². The predicted molar refractivity (Wildman–Crippen MR) is 241 cm³/mol. The summed E-state index contributed by atoms with van der Waals surface area (Å²) in [4.78, 5) is 2.44. The molecule has 0 saturated heterocycles. The summed E-state index contributed by atoms with van der Waals surface area (Å²) in [7, 11) is 0. The maximum absolute atomic E-state index is 2.44. The molecule has 0 radical (unpaired) electrons. The second-order valence-corrected chi connectivity index (χ2v) is 15.8. The summed E-state index contributed by atoms with van der Waals surface area (Å²) in [5.41, 5.74) is 17.1. The number of fused-ring (bicyclic) bond motifs is 7. The molecule has 270 valence electrons. The van der Waals surface area contributed by atoms with Crippen molar-refractivity contribution in [3.63, 3.8) is 0 Å². The van der Waals surface area contributed by atoms with E-state index in [9.17, 15) is 0 Å². The minimum absolute atomic E-state index is 0.0945. The van der Waals surface area contributed by atoms with Gasteiger partial charge in [-0.3, -0.25) is 0 Å². The zero-order valence-corrected chi connectivity index (χ0v) is 32.0. The van der Waals surface area contributed by atoms with Crippen LogP contribution < -0.4 is 4.90 Å². The molecule has 1 aliphatic rings. The van der Waals surface area contributed by atoms with Gasteiger partial charge in [-0.1, -0.05) is 159 Å². The Morgan fingerprint density at radius 3 is 1.58 bits per heavy atom. The van der Waals surface area contributed by atoms with Gasteiger partial charge in [0.05, 0.1) is 16.7 Å². The fraction of sp³-hybridized carbons (Fsp3) is 0.0545. The first-order valence-corrected chi connectivity index (χ1v) is 19.8. The zero-order chi connectivity index (χ0) is 38.1. The van der Waals surface area contributed by atoms with Crippen LogP contribution in [0.4, 0.5) is 17.1 Å². The number of hydrogen-bond donors (Lipinski definition) is 0. The Balaban J connectivity index is 0.994. The van der Waals surface area contributed by atoms with Crippen molar-refractivity contribution < 1.29 is 0 Å². The molecule has 0 N–H and O–H groups in total. The minimum atomic E-state index is -0.0945. The fourth-order valence-electron chi connectivity index (χ4n) is 9.33. The third kappa shape index (κ3) is 5.33. The van der Waals surface area contributed by atoms with Gasteiger partial charge in [-0.2, -0.15) is 0 Å². The van der Waals surface area contributed by atoms with Crippen LogP contribution >= 0.6 is 0 Å². The Morgan fingerprint density at radius 1 is 0.404 bits per heavy atom. The van der Waals surface area contributed by atoms with Gasteiger partial charge in [-0.15, -0.1) is 0 Å². The van der Waals surface area contributed by atoms with Crippen molar-refractivity contribution in [2.45, 2.75) is 19.3 Å². The van der Waals surface area contributed by atoms with Crippen LogP contribution in [0.3, 0.4) is 0 Å². The monoisotopic (exact) mass is 728 g/mol. The molecule has 1 aromatic heterocycles. The lowest BCUT2D eigenvalue weighted by molar-refractivity contribution is 0.660. The van der Waals surface area contributed by atoms with Crippen molar-refractivity contribution in [2.24, 2.45) is 0 Å². The molecular formula is C55H40N2. The molecular weight excluding hydrogens is 689 g/mol. The second kappa shape index (κ2) is 13.0. The number of hydrogen-bond acceptors (Lipinski definition) is 1. The lowest BCUT2D eigenvalue weighted by Gasteiger charge is -2.29. The van der Waals surface area contributed by atoms with Crippen LogP contribution in [0.5, 0.6) is 0 Å². The van der Waals surface area contributed by atoms with Crippen molar-refractivity contribution in [2.75, 3.05) is 4.90 Å². The summed E-state index contributed by atoms with van der Waals surface area (Å²) in [6.07, 6.45) is 0. The summed E-state index contributed by atoms with van der Waals surface area (Å²) < 4.78 is 2.37. The molecule has 1 aliphatic carbocycles. The molecule has 57 heavy (non-hydrogen) atoms. The van der Waals surface area contributed by atoms with E-state index < -0.39 is 0 Å². The van der Waals surface area contributed by atoms with Gasteiger partial charge in [0, 0.05) is 38.8 Å². The Kier molecular flexibility index (Phi) is 7.55. The SMILES string of the molecule is CC1(C)c2ccccc2-c2c(N(c3ccc(-c4ccc(-n5c6ccccc6c6ccccc65)cc4)cc3)c3ccc(-c4ccc5ccccc5c4)cc3)cccc21. The molecule has 0 atom stereocenters. The highest BCUT2D eigenvalue weighted by molar-refractivity contribution is 6.09. The van der Waals surface area contributed by atoms with Gasteiger partial charge in [0.15, 0.2) is 0 Å². The molecule has 0 amide bonds. The highest BCUT2D eigenvalue weighted by Crippen LogP contribution is 2.54. The summed E-state index contributed by atoms with van der Waals surface area (Å²) >= 11 is 0. The van der Waals surface area contributed by atoms with Crippen molar-refractivity contribution in [3.8, 4) is 39.1 Å². The van der Waals surface area contributed by atoms with E-state index in [1.165, 1.54) is 82.8 Å². The standard InChI is InChI=1S/C55H40N2/c1-55(2)49-17-8-5-16-48(49)54-50(55)18-11-21-53(54)56(44-32-28-40(29-33-44)42-23-22-37-12-3-4-13-41(37)36-42)43-30-24-38(25-31-43)39-26-34-45(35-27-39)57-51-19-9-6-14-46(51)47-15-7-10-20-52(47)57/h3-36H,1-2H3. The average Bonchev–Trinajstić information content (AvgIpc) is 3.73. The molecule has 0 unspecified atom stereocenters. The quantitative estimate of drug-likeness (QED) is 0.165. The van der Waals surface area contributed by atoms with Crippen molar-refractivity contribution in [1.29, 1.82) is 0 Å². The Bertz CT molecular complexity index is 3080. The molecule has 2 nitrogen and oxygen atoms in total. The summed E-state index contributed by atoms with van der Waals surface area (Å²) in [6, 6.07) is 75.6. The average molecular weight is 729 g/mol. The summed E-state index contributed by atoms with van der Waals surface area (Å²) in [5.74, 6) is 0. The lowest BCUT2D eigenvalue weighted by atomic mass is 9.82. The topological polar surface area (TPSA) is 8.17 Å². The largest absolute Gasteiger partial charge is 0.310 e. The van der Waals surface area contributed by atoms with E-state index in [0.29, 0.717) is 0 Å². The molecule has 0 spiro atoms. The molecule has 9 aromatic carbocycles. The number of para-hydroxylation sites is 2. The smallest absolute Gasteiger partial charge is 0.0543 e. The first-order chi connectivity index (χ1) is 28.0. The van der Waals surface area contributed by atoms with Crippen molar-refractivity contribution >= 4 is 49.6 Å². The molecule has 10 aromatic rings. The number of aromatic nitrogens is 1. The predicted octanol–water partition coefficient (Wildman–Crippen LogP) is 15.0. The maximum Gasteiger partial charge on any atom is 0.0543 e. The highest BCUT2D eigenvalue weighted by Gasteiger charge is 2.37. The number of benzene rings is 9. The van der Waals surface area contributed by atoms with Crippen LogP contribution in [0.1, 0.15) is 25.0 Å². The number of anilines is 3. The Labute approximate surface area is 333 Å². The summed E-state index contributed by atoms with van der Waals surface area (Å²) in [5, 5.41) is 5.06. The first kappa shape index (κ1) is 33.2. The normalized spacial score (nSPS) is 12.9. The number of nitrogens with zero attached hydrogens (tertiary/aromatic N) is 2. The van der Waals surface area contributed by atoms with Crippen molar-refractivity contribution in [3.05, 3.63) is 217 Å². The van der Waals surface area contributed by atoms with E-state index >= 15 is 0 Å². The molecule has 11 rings (SSSR count).